The van der Waals surface area contributed by atoms with Crippen molar-refractivity contribution in [3.05, 3.63) is 76.9 Å². The number of likely N-dealkylation sites (N-methyl/N-ethyl adjacent to an activating group) is 1. The van der Waals surface area contributed by atoms with Gasteiger partial charge < -0.3 is 4.90 Å². The van der Waals surface area contributed by atoms with E-state index in [-0.39, 0.29) is 6.54 Å². The Bertz CT molecular complexity index is 1050. The predicted molar refractivity (Wildman–Crippen MR) is 104 cm³/mol. The van der Waals surface area contributed by atoms with Crippen molar-refractivity contribution in [1.29, 1.82) is 0 Å². The molecular weight excluding hydrogens is 379 g/mol. The van der Waals surface area contributed by atoms with Gasteiger partial charge in [-0.15, -0.1) is 10.2 Å². The number of aromatic nitrogens is 3. The van der Waals surface area contributed by atoms with Gasteiger partial charge in [0.1, 0.15) is 12.4 Å². The Hall–Kier alpha value is -3.00. The number of hydrogen-bond donors (Lipinski definition) is 0. The van der Waals surface area contributed by atoms with E-state index in [0.29, 0.717) is 35.0 Å². The molecule has 5 nitrogen and oxygen atoms in total. The molecule has 1 aromatic heterocycles. The first-order chi connectivity index (χ1) is 13.8. The van der Waals surface area contributed by atoms with E-state index in [4.69, 9.17) is 0 Å². The van der Waals surface area contributed by atoms with Crippen molar-refractivity contribution in [3.8, 4) is 5.69 Å². The highest BCUT2D eigenvalue weighted by atomic mass is 19.4. The number of benzene rings is 2. The van der Waals surface area contributed by atoms with E-state index in [9.17, 15) is 13.2 Å². The maximum Gasteiger partial charge on any atom is 0.416 e. The molecule has 150 valence electrons. The molecule has 0 atom stereocenters. The Morgan fingerprint density at radius 3 is 2.48 bits per heavy atom. The Morgan fingerprint density at radius 1 is 1.03 bits per heavy atom. The number of alkyl halides is 3. The Balaban J connectivity index is 1.91. The lowest BCUT2D eigenvalue weighted by molar-refractivity contribution is -0.137. The number of fused-ring (bicyclic) bond motifs is 3. The third kappa shape index (κ3) is 3.80. The number of nitrogens with zero attached hydrogens (tertiary/aromatic N) is 5. The highest BCUT2D eigenvalue weighted by Gasteiger charge is 2.33. The van der Waals surface area contributed by atoms with Gasteiger partial charge in [-0.25, -0.2) is 0 Å². The molecule has 1 aliphatic rings. The molecule has 0 radical (unpaired) electrons. The van der Waals surface area contributed by atoms with E-state index in [1.54, 1.807) is 0 Å². The van der Waals surface area contributed by atoms with Crippen molar-refractivity contribution in [2.45, 2.75) is 19.1 Å². The zero-order chi connectivity index (χ0) is 20.6. The van der Waals surface area contributed by atoms with E-state index >= 15 is 0 Å². The molecule has 29 heavy (non-hydrogen) atoms. The van der Waals surface area contributed by atoms with Gasteiger partial charge in [-0.3, -0.25) is 9.56 Å². The Kier molecular flexibility index (Phi) is 4.96. The summed E-state index contributed by atoms with van der Waals surface area (Å²) in [6.07, 6.45) is -3.81. The number of halogens is 3. The molecule has 0 bridgehead atoms. The molecule has 0 N–H and O–H groups in total. The molecule has 0 aliphatic carbocycles. The van der Waals surface area contributed by atoms with Crippen molar-refractivity contribution < 1.29 is 13.2 Å². The molecule has 0 unspecified atom stereocenters. The fraction of sp³-hybridized carbons (Fsp3) is 0.286. The highest BCUT2D eigenvalue weighted by Crippen LogP contribution is 2.34. The molecule has 0 spiro atoms. The zero-order valence-electron chi connectivity index (χ0n) is 16.1. The number of aliphatic imine (C=N–C) groups is 1. The number of rotatable bonds is 4. The molecule has 3 aromatic rings. The molecule has 8 heteroatoms. The topological polar surface area (TPSA) is 46.3 Å². The second-order valence-corrected chi connectivity index (χ2v) is 7.18. The summed E-state index contributed by atoms with van der Waals surface area (Å²) in [7, 11) is 3.92. The lowest BCUT2D eigenvalue weighted by atomic mass is 9.98. The summed E-state index contributed by atoms with van der Waals surface area (Å²) in [6.45, 7) is 0.996. The predicted octanol–water partition coefficient (Wildman–Crippen LogP) is 3.74. The zero-order valence-corrected chi connectivity index (χ0v) is 16.1. The van der Waals surface area contributed by atoms with E-state index in [1.807, 2.05) is 53.9 Å². The minimum atomic E-state index is -4.44. The maximum absolute atomic E-state index is 13.4. The average Bonchev–Trinajstić information content (AvgIpc) is 3.01. The highest BCUT2D eigenvalue weighted by molar-refractivity contribution is 6.15. The summed E-state index contributed by atoms with van der Waals surface area (Å²) in [5.74, 6) is 1.32. The Labute approximate surface area is 166 Å². The van der Waals surface area contributed by atoms with Gasteiger partial charge >= 0.3 is 6.18 Å². The smallest absolute Gasteiger partial charge is 0.309 e. The van der Waals surface area contributed by atoms with Crippen molar-refractivity contribution in [2.75, 3.05) is 20.6 Å². The molecular formula is C21H20F3N5. The van der Waals surface area contributed by atoms with Crippen LogP contribution in [0.25, 0.3) is 5.69 Å². The van der Waals surface area contributed by atoms with Crippen LogP contribution < -0.4 is 0 Å². The van der Waals surface area contributed by atoms with Crippen LogP contribution in [0.2, 0.25) is 0 Å². The fourth-order valence-corrected chi connectivity index (χ4v) is 3.39. The largest absolute Gasteiger partial charge is 0.416 e. The summed E-state index contributed by atoms with van der Waals surface area (Å²) in [5.41, 5.74) is 1.63. The fourth-order valence-electron chi connectivity index (χ4n) is 3.39. The van der Waals surface area contributed by atoms with E-state index in [0.717, 1.165) is 18.2 Å². The first-order valence-electron chi connectivity index (χ1n) is 9.24. The van der Waals surface area contributed by atoms with E-state index in [1.165, 1.54) is 12.1 Å². The quantitative estimate of drug-likeness (QED) is 0.672. The van der Waals surface area contributed by atoms with Crippen LogP contribution in [0, 0.1) is 0 Å². The van der Waals surface area contributed by atoms with Crippen LogP contribution in [0.1, 0.15) is 28.3 Å². The van der Waals surface area contributed by atoms with E-state index in [2.05, 4.69) is 15.2 Å². The second-order valence-electron chi connectivity index (χ2n) is 7.18. The normalized spacial score (nSPS) is 13.7. The van der Waals surface area contributed by atoms with Gasteiger partial charge in [-0.1, -0.05) is 30.3 Å². The molecule has 1 aliphatic heterocycles. The SMILES string of the molecule is CN(C)CCc1nnc2n1-c1ccc(C(F)(F)F)cc1C(c1ccccc1)=NC2. The van der Waals surface area contributed by atoms with Crippen LogP contribution in [-0.2, 0) is 19.1 Å². The summed E-state index contributed by atoms with van der Waals surface area (Å²) in [6, 6.07) is 13.0. The molecule has 2 aromatic carbocycles. The molecule has 0 amide bonds. The third-order valence-corrected chi connectivity index (χ3v) is 4.83. The second kappa shape index (κ2) is 7.44. The first kappa shape index (κ1) is 19.3. The van der Waals surface area contributed by atoms with Gasteiger partial charge in [0.2, 0.25) is 0 Å². The van der Waals surface area contributed by atoms with Gasteiger partial charge in [-0.05, 0) is 32.3 Å². The maximum atomic E-state index is 13.4. The van der Waals surface area contributed by atoms with Crippen molar-refractivity contribution >= 4 is 5.71 Å². The van der Waals surface area contributed by atoms with Gasteiger partial charge in [0.25, 0.3) is 0 Å². The number of hydrogen-bond acceptors (Lipinski definition) is 4. The molecule has 0 fully saturated rings. The monoisotopic (exact) mass is 399 g/mol. The summed E-state index contributed by atoms with van der Waals surface area (Å²) >= 11 is 0. The van der Waals surface area contributed by atoms with Gasteiger partial charge in [0.15, 0.2) is 5.82 Å². The molecule has 2 heterocycles. The van der Waals surface area contributed by atoms with Crippen LogP contribution in [-0.4, -0.2) is 46.0 Å². The Morgan fingerprint density at radius 2 is 1.79 bits per heavy atom. The van der Waals surface area contributed by atoms with Gasteiger partial charge in [-0.2, -0.15) is 13.2 Å². The van der Waals surface area contributed by atoms with Crippen molar-refractivity contribution in [1.82, 2.24) is 19.7 Å². The van der Waals surface area contributed by atoms with Gasteiger partial charge in [0, 0.05) is 24.1 Å². The van der Waals surface area contributed by atoms with E-state index < -0.39 is 11.7 Å². The van der Waals surface area contributed by atoms with Crippen LogP contribution in [0.5, 0.6) is 0 Å². The van der Waals surface area contributed by atoms with Crippen LogP contribution >= 0.6 is 0 Å². The van der Waals surface area contributed by atoms with Crippen molar-refractivity contribution in [2.24, 2.45) is 4.99 Å². The molecule has 4 rings (SSSR count). The minimum Gasteiger partial charge on any atom is -0.309 e. The van der Waals surface area contributed by atoms with Gasteiger partial charge in [0.05, 0.1) is 17.0 Å². The molecule has 0 saturated carbocycles. The first-order valence-corrected chi connectivity index (χ1v) is 9.24. The summed E-state index contributed by atoms with van der Waals surface area (Å²) in [5, 5.41) is 8.53. The summed E-state index contributed by atoms with van der Waals surface area (Å²) in [4.78, 5) is 6.65. The lowest BCUT2D eigenvalue weighted by Gasteiger charge is -2.17. The minimum absolute atomic E-state index is 0.245. The van der Waals surface area contributed by atoms with Crippen LogP contribution in [0.4, 0.5) is 13.2 Å². The average molecular weight is 399 g/mol. The van der Waals surface area contributed by atoms with Crippen molar-refractivity contribution in [3.63, 3.8) is 0 Å². The lowest BCUT2D eigenvalue weighted by Crippen LogP contribution is -2.18. The molecule has 0 saturated heterocycles. The van der Waals surface area contributed by atoms with Crippen LogP contribution in [0.3, 0.4) is 0 Å². The van der Waals surface area contributed by atoms with Crippen LogP contribution in [0.15, 0.2) is 53.5 Å². The summed E-state index contributed by atoms with van der Waals surface area (Å²) < 4.78 is 42.2. The third-order valence-electron chi connectivity index (χ3n) is 4.83. The standard InChI is InChI=1S/C21H20F3N5/c1-28(2)11-10-18-26-27-19-13-25-20(14-6-4-3-5-7-14)16-12-15(21(22,23)24)8-9-17(16)29(18)19/h3-9,12H,10-11,13H2,1-2H3.